The van der Waals surface area contributed by atoms with E-state index in [-0.39, 0.29) is 11.7 Å². The van der Waals surface area contributed by atoms with Gasteiger partial charge in [0.25, 0.3) is 5.91 Å². The highest BCUT2D eigenvalue weighted by Gasteiger charge is 2.15. The minimum Gasteiger partial charge on any atom is -0.322 e. The molecule has 1 aromatic heterocycles. The molecule has 0 saturated heterocycles. The summed E-state index contributed by atoms with van der Waals surface area (Å²) in [4.78, 5) is 29.5. The quantitative estimate of drug-likeness (QED) is 0.464. The minimum atomic E-state index is -0.238. The summed E-state index contributed by atoms with van der Waals surface area (Å²) in [6.07, 6.45) is 0. The molecule has 0 aliphatic carbocycles. The summed E-state index contributed by atoms with van der Waals surface area (Å²) in [5.41, 5.74) is 5.28. The third kappa shape index (κ3) is 3.92. The second-order valence-electron chi connectivity index (χ2n) is 7.03. The Bertz CT molecular complexity index is 1240. The van der Waals surface area contributed by atoms with Crippen molar-refractivity contribution in [2.75, 3.05) is 5.32 Å². The van der Waals surface area contributed by atoms with Gasteiger partial charge in [0.2, 0.25) is 0 Å². The molecule has 3 aromatic carbocycles. The Morgan fingerprint density at radius 3 is 2.45 bits per heavy atom. The fraction of sp³-hybridized carbons (Fsp3) is 0.0800. The van der Waals surface area contributed by atoms with Gasteiger partial charge in [0, 0.05) is 22.2 Å². The van der Waals surface area contributed by atoms with Crippen LogP contribution in [0.3, 0.4) is 0 Å². The first-order valence-corrected chi connectivity index (χ1v) is 9.40. The fourth-order valence-corrected chi connectivity index (χ4v) is 3.33. The number of nitrogens with one attached hydrogen (secondary N) is 1. The first-order valence-electron chi connectivity index (χ1n) is 9.40. The summed E-state index contributed by atoms with van der Waals surface area (Å²) in [6, 6.07) is 24.4. The van der Waals surface area contributed by atoms with E-state index in [2.05, 4.69) is 11.4 Å². The van der Waals surface area contributed by atoms with Crippen LogP contribution in [0.4, 0.5) is 5.69 Å². The highest BCUT2D eigenvalue weighted by molar-refractivity contribution is 6.13. The lowest BCUT2D eigenvalue weighted by Gasteiger charge is -2.11. The van der Waals surface area contributed by atoms with Crippen LogP contribution in [0, 0.1) is 6.92 Å². The standard InChI is InChI=1S/C25H20N2O2/c1-16-7-5-9-19(13-16)24-15-22(21-11-3-4-12-23(21)27-24)25(29)26-20-10-6-8-18(14-20)17(2)28/h3-15H,1-2H3,(H,26,29). The van der Waals surface area contributed by atoms with Gasteiger partial charge >= 0.3 is 0 Å². The number of rotatable bonds is 4. The molecule has 4 heteroatoms. The van der Waals surface area contributed by atoms with E-state index in [0.717, 1.165) is 27.7 Å². The molecule has 1 amide bonds. The van der Waals surface area contributed by atoms with Gasteiger partial charge in [-0.3, -0.25) is 9.59 Å². The monoisotopic (exact) mass is 380 g/mol. The lowest BCUT2D eigenvalue weighted by molar-refractivity contribution is 0.101. The number of carbonyl (C=O) groups is 2. The first-order chi connectivity index (χ1) is 14.0. The van der Waals surface area contributed by atoms with E-state index in [1.807, 2.05) is 55.5 Å². The number of carbonyl (C=O) groups excluding carboxylic acids is 2. The normalized spacial score (nSPS) is 10.7. The van der Waals surface area contributed by atoms with Crippen LogP contribution in [0.5, 0.6) is 0 Å². The van der Waals surface area contributed by atoms with Crippen LogP contribution in [0.15, 0.2) is 78.9 Å². The number of aromatic nitrogens is 1. The first kappa shape index (κ1) is 18.6. The van der Waals surface area contributed by atoms with Gasteiger partial charge in [-0.2, -0.15) is 0 Å². The van der Waals surface area contributed by atoms with Crippen LogP contribution in [-0.2, 0) is 0 Å². The lowest BCUT2D eigenvalue weighted by atomic mass is 10.0. The molecule has 4 aromatic rings. The van der Waals surface area contributed by atoms with Crippen molar-refractivity contribution in [1.29, 1.82) is 0 Å². The number of hydrogen-bond donors (Lipinski definition) is 1. The second kappa shape index (κ2) is 7.68. The number of benzene rings is 3. The van der Waals surface area contributed by atoms with Crippen LogP contribution in [0.1, 0.15) is 33.2 Å². The van der Waals surface area contributed by atoms with Gasteiger partial charge in [0.1, 0.15) is 0 Å². The zero-order chi connectivity index (χ0) is 20.4. The average Bonchev–Trinajstić information content (AvgIpc) is 2.73. The molecule has 0 atom stereocenters. The molecule has 1 heterocycles. The number of pyridine rings is 1. The fourth-order valence-electron chi connectivity index (χ4n) is 3.33. The zero-order valence-electron chi connectivity index (χ0n) is 16.3. The molecule has 0 saturated carbocycles. The van der Waals surface area contributed by atoms with Crippen molar-refractivity contribution in [2.24, 2.45) is 0 Å². The van der Waals surface area contributed by atoms with Crippen molar-refractivity contribution in [2.45, 2.75) is 13.8 Å². The van der Waals surface area contributed by atoms with Gasteiger partial charge in [-0.1, -0.05) is 54.1 Å². The SMILES string of the molecule is CC(=O)c1cccc(NC(=O)c2cc(-c3cccc(C)c3)nc3ccccc23)c1. The Labute approximate surface area is 169 Å². The maximum atomic E-state index is 13.1. The number of hydrogen-bond acceptors (Lipinski definition) is 3. The van der Waals surface area contributed by atoms with Crippen LogP contribution in [0.2, 0.25) is 0 Å². The number of anilines is 1. The van der Waals surface area contributed by atoms with E-state index < -0.39 is 0 Å². The summed E-state index contributed by atoms with van der Waals surface area (Å²) in [6.45, 7) is 3.53. The number of ketones is 1. The molecule has 0 aliphatic heterocycles. The summed E-state index contributed by atoms with van der Waals surface area (Å²) in [5.74, 6) is -0.282. The highest BCUT2D eigenvalue weighted by atomic mass is 16.1. The van der Waals surface area contributed by atoms with E-state index in [1.165, 1.54) is 6.92 Å². The Morgan fingerprint density at radius 1 is 0.862 bits per heavy atom. The third-order valence-corrected chi connectivity index (χ3v) is 4.80. The number of nitrogens with zero attached hydrogens (tertiary/aromatic N) is 1. The molecule has 0 radical (unpaired) electrons. The Morgan fingerprint density at radius 2 is 1.66 bits per heavy atom. The number of fused-ring (bicyclic) bond motifs is 1. The molecule has 0 aliphatic rings. The van der Waals surface area contributed by atoms with Crippen molar-refractivity contribution in [3.8, 4) is 11.3 Å². The predicted octanol–water partition coefficient (Wildman–Crippen LogP) is 5.67. The van der Waals surface area contributed by atoms with Crippen molar-refractivity contribution in [3.63, 3.8) is 0 Å². The van der Waals surface area contributed by atoms with Crippen molar-refractivity contribution in [3.05, 3.63) is 95.6 Å². The Hall–Kier alpha value is -3.79. The van der Waals surface area contributed by atoms with Gasteiger partial charge in [0.15, 0.2) is 5.78 Å². The largest absolute Gasteiger partial charge is 0.322 e. The molecule has 4 nitrogen and oxygen atoms in total. The summed E-state index contributed by atoms with van der Waals surface area (Å²) in [5, 5.41) is 3.70. The topological polar surface area (TPSA) is 59.1 Å². The smallest absolute Gasteiger partial charge is 0.256 e. The van der Waals surface area contributed by atoms with E-state index in [4.69, 9.17) is 4.98 Å². The van der Waals surface area contributed by atoms with Crippen molar-refractivity contribution < 1.29 is 9.59 Å². The van der Waals surface area contributed by atoms with Gasteiger partial charge in [-0.25, -0.2) is 4.98 Å². The van der Waals surface area contributed by atoms with Gasteiger partial charge in [-0.15, -0.1) is 0 Å². The van der Waals surface area contributed by atoms with Gasteiger partial charge in [0.05, 0.1) is 16.8 Å². The lowest BCUT2D eigenvalue weighted by Crippen LogP contribution is -2.13. The molecular formula is C25H20N2O2. The molecule has 0 bridgehead atoms. The molecule has 29 heavy (non-hydrogen) atoms. The molecular weight excluding hydrogens is 360 g/mol. The molecule has 4 rings (SSSR count). The van der Waals surface area contributed by atoms with Crippen molar-refractivity contribution in [1.82, 2.24) is 4.98 Å². The van der Waals surface area contributed by atoms with Crippen LogP contribution < -0.4 is 5.32 Å². The zero-order valence-corrected chi connectivity index (χ0v) is 16.3. The van der Waals surface area contributed by atoms with Crippen LogP contribution >= 0.6 is 0 Å². The maximum absolute atomic E-state index is 13.1. The molecule has 0 spiro atoms. The Kier molecular flexibility index (Phi) is 4.92. The van der Waals surface area contributed by atoms with E-state index in [1.54, 1.807) is 24.3 Å². The Balaban J connectivity index is 1.78. The molecule has 0 unspecified atom stereocenters. The number of aryl methyl sites for hydroxylation is 1. The third-order valence-electron chi connectivity index (χ3n) is 4.80. The summed E-state index contributed by atoms with van der Waals surface area (Å²) >= 11 is 0. The van der Waals surface area contributed by atoms with E-state index in [9.17, 15) is 9.59 Å². The average molecular weight is 380 g/mol. The number of amides is 1. The minimum absolute atomic E-state index is 0.0443. The van der Waals surface area contributed by atoms with E-state index in [0.29, 0.717) is 16.8 Å². The summed E-state index contributed by atoms with van der Waals surface area (Å²) in [7, 11) is 0. The van der Waals surface area contributed by atoms with Gasteiger partial charge < -0.3 is 5.32 Å². The predicted molar refractivity (Wildman–Crippen MR) is 116 cm³/mol. The van der Waals surface area contributed by atoms with Crippen molar-refractivity contribution >= 4 is 28.3 Å². The maximum Gasteiger partial charge on any atom is 0.256 e. The molecule has 142 valence electrons. The summed E-state index contributed by atoms with van der Waals surface area (Å²) < 4.78 is 0. The number of para-hydroxylation sites is 1. The van der Waals surface area contributed by atoms with E-state index >= 15 is 0 Å². The number of Topliss-reactive ketones (excluding diaryl/α,β-unsaturated/α-hetero) is 1. The molecule has 0 fully saturated rings. The molecule has 1 N–H and O–H groups in total. The van der Waals surface area contributed by atoms with Crippen LogP contribution in [0.25, 0.3) is 22.2 Å². The highest BCUT2D eigenvalue weighted by Crippen LogP contribution is 2.26. The second-order valence-corrected chi connectivity index (χ2v) is 7.03. The van der Waals surface area contributed by atoms with Gasteiger partial charge in [-0.05, 0) is 44.2 Å². The van der Waals surface area contributed by atoms with Crippen LogP contribution in [-0.4, -0.2) is 16.7 Å².